The first-order chi connectivity index (χ1) is 15.3. The van der Waals surface area contributed by atoms with Gasteiger partial charge in [0.25, 0.3) is 5.91 Å². The van der Waals surface area contributed by atoms with E-state index in [2.05, 4.69) is 62.3 Å². The van der Waals surface area contributed by atoms with E-state index in [1.165, 1.54) is 43.2 Å². The van der Waals surface area contributed by atoms with Crippen LogP contribution >= 0.6 is 0 Å². The predicted octanol–water partition coefficient (Wildman–Crippen LogP) is 6.16. The molecule has 1 saturated carbocycles. The molecule has 1 N–H and O–H groups in total. The van der Waals surface area contributed by atoms with Crippen molar-refractivity contribution in [2.75, 3.05) is 19.0 Å². The Morgan fingerprint density at radius 1 is 1.06 bits per heavy atom. The van der Waals surface area contributed by atoms with Crippen LogP contribution in [0.2, 0.25) is 0 Å². The van der Waals surface area contributed by atoms with Crippen LogP contribution in [0.15, 0.2) is 48.0 Å². The molecule has 32 heavy (non-hydrogen) atoms. The fraction of sp³-hybridized carbons (Fsp3) is 0.464. The highest BCUT2D eigenvalue weighted by Crippen LogP contribution is 2.32. The molecule has 1 heterocycles. The summed E-state index contributed by atoms with van der Waals surface area (Å²) < 4.78 is 5.85. The summed E-state index contributed by atoms with van der Waals surface area (Å²) >= 11 is 0. The van der Waals surface area contributed by atoms with Gasteiger partial charge in [0.2, 0.25) is 0 Å². The van der Waals surface area contributed by atoms with Gasteiger partial charge in [-0.25, -0.2) is 0 Å². The SMILES string of the molecule is CN(Cc1ccc(NC(=O)C2=Cc3cc(C(C)(C)C)ccc3OC2)cc1)C1CCCCC1. The summed E-state index contributed by atoms with van der Waals surface area (Å²) in [5, 5.41) is 3.03. The molecule has 0 spiro atoms. The number of carbonyl (C=O) groups is 1. The number of ether oxygens (including phenoxy) is 1. The van der Waals surface area contributed by atoms with E-state index in [4.69, 9.17) is 4.74 Å². The summed E-state index contributed by atoms with van der Waals surface area (Å²) in [5.74, 6) is 0.727. The topological polar surface area (TPSA) is 41.6 Å². The molecule has 4 rings (SSSR count). The molecule has 1 fully saturated rings. The number of rotatable bonds is 5. The zero-order valence-electron chi connectivity index (χ0n) is 19.9. The number of anilines is 1. The van der Waals surface area contributed by atoms with Gasteiger partial charge in [-0.15, -0.1) is 0 Å². The lowest BCUT2D eigenvalue weighted by molar-refractivity contribution is -0.113. The van der Waals surface area contributed by atoms with E-state index in [0.29, 0.717) is 11.6 Å². The van der Waals surface area contributed by atoms with Crippen LogP contribution in [0.4, 0.5) is 5.69 Å². The van der Waals surface area contributed by atoms with Crippen LogP contribution in [-0.2, 0) is 16.8 Å². The Bertz CT molecular complexity index is 979. The highest BCUT2D eigenvalue weighted by molar-refractivity contribution is 6.07. The van der Waals surface area contributed by atoms with E-state index in [-0.39, 0.29) is 17.9 Å². The molecule has 1 aliphatic carbocycles. The highest BCUT2D eigenvalue weighted by atomic mass is 16.5. The van der Waals surface area contributed by atoms with Crippen LogP contribution in [0, 0.1) is 0 Å². The van der Waals surface area contributed by atoms with Gasteiger partial charge in [-0.05, 0) is 66.8 Å². The summed E-state index contributed by atoms with van der Waals surface area (Å²) in [6.07, 6.45) is 8.65. The normalized spacial score (nSPS) is 16.8. The predicted molar refractivity (Wildman–Crippen MR) is 132 cm³/mol. The Morgan fingerprint density at radius 2 is 1.78 bits per heavy atom. The molecule has 4 nitrogen and oxygen atoms in total. The van der Waals surface area contributed by atoms with Crippen molar-refractivity contribution in [1.29, 1.82) is 0 Å². The Balaban J connectivity index is 1.39. The maximum atomic E-state index is 12.9. The van der Waals surface area contributed by atoms with Gasteiger partial charge in [0.15, 0.2) is 0 Å². The lowest BCUT2D eigenvalue weighted by atomic mass is 9.85. The number of carbonyl (C=O) groups excluding carboxylic acids is 1. The maximum Gasteiger partial charge on any atom is 0.255 e. The third kappa shape index (κ3) is 5.42. The van der Waals surface area contributed by atoms with Crippen LogP contribution in [0.25, 0.3) is 6.08 Å². The molecular formula is C28H36N2O2. The summed E-state index contributed by atoms with van der Waals surface area (Å²) in [6.45, 7) is 7.80. The fourth-order valence-electron chi connectivity index (χ4n) is 4.62. The standard InChI is InChI=1S/C28H36N2O2/c1-28(2,3)23-12-15-26-21(17-23)16-22(19-32-26)27(31)29-24-13-10-20(11-14-24)18-30(4)25-8-6-5-7-9-25/h10-17,25H,5-9,18-19H2,1-4H3,(H,29,31). The molecule has 0 atom stereocenters. The van der Waals surface area contributed by atoms with Gasteiger partial charge in [0.1, 0.15) is 12.4 Å². The Labute approximate surface area is 192 Å². The molecule has 0 radical (unpaired) electrons. The van der Waals surface area contributed by atoms with Crippen LogP contribution < -0.4 is 10.1 Å². The van der Waals surface area contributed by atoms with Crippen LogP contribution in [0.1, 0.15) is 69.6 Å². The molecular weight excluding hydrogens is 396 g/mol. The second-order valence-electron chi connectivity index (χ2n) is 10.3. The molecule has 170 valence electrons. The van der Waals surface area contributed by atoms with Gasteiger partial charge in [-0.1, -0.05) is 58.2 Å². The first kappa shape index (κ1) is 22.6. The van der Waals surface area contributed by atoms with Gasteiger partial charge in [-0.2, -0.15) is 0 Å². The molecule has 2 aromatic carbocycles. The van der Waals surface area contributed by atoms with Gasteiger partial charge in [-0.3, -0.25) is 9.69 Å². The van der Waals surface area contributed by atoms with Gasteiger partial charge >= 0.3 is 0 Å². The molecule has 2 aliphatic rings. The third-order valence-corrected chi connectivity index (χ3v) is 6.72. The minimum atomic E-state index is -0.108. The van der Waals surface area contributed by atoms with E-state index >= 15 is 0 Å². The van der Waals surface area contributed by atoms with Crippen LogP contribution in [-0.4, -0.2) is 30.5 Å². The van der Waals surface area contributed by atoms with Crippen LogP contribution in [0.5, 0.6) is 5.75 Å². The highest BCUT2D eigenvalue weighted by Gasteiger charge is 2.21. The summed E-state index contributed by atoms with van der Waals surface area (Å²) in [6, 6.07) is 15.2. The number of hydrogen-bond acceptors (Lipinski definition) is 3. The minimum absolute atomic E-state index is 0.0511. The monoisotopic (exact) mass is 432 g/mol. The molecule has 0 aromatic heterocycles. The summed E-state index contributed by atoms with van der Waals surface area (Å²) in [4.78, 5) is 15.3. The van der Waals surface area contributed by atoms with E-state index < -0.39 is 0 Å². The fourth-order valence-corrected chi connectivity index (χ4v) is 4.62. The molecule has 0 bridgehead atoms. The van der Waals surface area contributed by atoms with E-state index in [0.717, 1.165) is 23.5 Å². The average Bonchev–Trinajstić information content (AvgIpc) is 2.79. The Kier molecular flexibility index (Phi) is 6.71. The van der Waals surface area contributed by atoms with Crippen molar-refractivity contribution in [2.45, 2.75) is 70.9 Å². The maximum absolute atomic E-state index is 12.9. The lowest BCUT2D eigenvalue weighted by Gasteiger charge is -2.31. The van der Waals surface area contributed by atoms with Crippen molar-refractivity contribution in [3.63, 3.8) is 0 Å². The van der Waals surface area contributed by atoms with Crippen molar-refractivity contribution >= 4 is 17.7 Å². The molecule has 1 amide bonds. The third-order valence-electron chi connectivity index (χ3n) is 6.72. The second kappa shape index (κ2) is 9.50. The Morgan fingerprint density at radius 3 is 2.47 bits per heavy atom. The number of hydrogen-bond donors (Lipinski definition) is 1. The number of nitrogens with one attached hydrogen (secondary N) is 1. The molecule has 2 aromatic rings. The number of benzene rings is 2. The van der Waals surface area contributed by atoms with E-state index in [1.807, 2.05) is 24.3 Å². The zero-order chi connectivity index (χ0) is 22.7. The van der Waals surface area contributed by atoms with E-state index in [9.17, 15) is 4.79 Å². The summed E-state index contributed by atoms with van der Waals surface area (Å²) in [7, 11) is 2.23. The molecule has 4 heteroatoms. The van der Waals surface area contributed by atoms with Crippen molar-refractivity contribution in [1.82, 2.24) is 4.90 Å². The number of amides is 1. The first-order valence-electron chi connectivity index (χ1n) is 11.9. The second-order valence-corrected chi connectivity index (χ2v) is 10.3. The average molecular weight is 433 g/mol. The number of fused-ring (bicyclic) bond motifs is 1. The number of nitrogens with zero attached hydrogens (tertiary/aromatic N) is 1. The molecule has 0 unspecified atom stereocenters. The zero-order valence-corrected chi connectivity index (χ0v) is 19.9. The largest absolute Gasteiger partial charge is 0.488 e. The smallest absolute Gasteiger partial charge is 0.255 e. The summed E-state index contributed by atoms with van der Waals surface area (Å²) in [5.41, 5.74) is 4.98. The molecule has 1 aliphatic heterocycles. The van der Waals surface area contributed by atoms with Crippen molar-refractivity contribution in [3.05, 3.63) is 64.7 Å². The van der Waals surface area contributed by atoms with Crippen molar-refractivity contribution < 1.29 is 9.53 Å². The lowest BCUT2D eigenvalue weighted by Crippen LogP contribution is -2.32. The van der Waals surface area contributed by atoms with Crippen molar-refractivity contribution in [2.24, 2.45) is 0 Å². The van der Waals surface area contributed by atoms with Gasteiger partial charge in [0.05, 0.1) is 5.57 Å². The van der Waals surface area contributed by atoms with E-state index in [1.54, 1.807) is 0 Å². The Hall–Kier alpha value is -2.59. The van der Waals surface area contributed by atoms with Crippen LogP contribution in [0.3, 0.4) is 0 Å². The van der Waals surface area contributed by atoms with Gasteiger partial charge in [0, 0.05) is 23.8 Å². The minimum Gasteiger partial charge on any atom is -0.488 e. The van der Waals surface area contributed by atoms with Gasteiger partial charge < -0.3 is 10.1 Å². The van der Waals surface area contributed by atoms with Crippen molar-refractivity contribution in [3.8, 4) is 5.75 Å². The first-order valence-corrected chi connectivity index (χ1v) is 11.9. The quantitative estimate of drug-likeness (QED) is 0.615. The molecule has 0 saturated heterocycles.